The van der Waals surface area contributed by atoms with Crippen molar-refractivity contribution in [1.29, 1.82) is 0 Å². The van der Waals surface area contributed by atoms with Gasteiger partial charge in [0.15, 0.2) is 23.1 Å². The van der Waals surface area contributed by atoms with E-state index in [0.29, 0.717) is 29.2 Å². The van der Waals surface area contributed by atoms with E-state index in [0.717, 1.165) is 0 Å². The number of Topliss-reactive ketones (excluding diaryl/α,β-unsaturated/α-hetero) is 2. The maximum atomic E-state index is 11.8. The molecule has 1 aromatic carbocycles. The summed E-state index contributed by atoms with van der Waals surface area (Å²) in [6, 6.07) is 3.42. The molecule has 0 aromatic heterocycles. The number of aliphatic hydroxyl groups excluding tert-OH is 1. The van der Waals surface area contributed by atoms with Crippen LogP contribution in [0.1, 0.15) is 24.8 Å². The second kappa shape index (κ2) is 7.68. The van der Waals surface area contributed by atoms with Gasteiger partial charge in [-0.15, -0.1) is 0 Å². The summed E-state index contributed by atoms with van der Waals surface area (Å²) in [5.74, 6) is 0.361. The van der Waals surface area contributed by atoms with Crippen LogP contribution in [0.3, 0.4) is 0 Å². The number of benzene rings is 1. The van der Waals surface area contributed by atoms with Gasteiger partial charge in [0.05, 0.1) is 21.3 Å². The van der Waals surface area contributed by atoms with E-state index in [1.54, 1.807) is 18.2 Å². The molecule has 0 bridgehead atoms. The average molecular weight is 332 g/mol. The zero-order valence-corrected chi connectivity index (χ0v) is 13.9. The lowest BCUT2D eigenvalue weighted by molar-refractivity contribution is -0.124. The van der Waals surface area contributed by atoms with Crippen molar-refractivity contribution < 1.29 is 28.9 Å². The van der Waals surface area contributed by atoms with Crippen molar-refractivity contribution in [3.8, 4) is 17.2 Å². The third-order valence-corrected chi connectivity index (χ3v) is 3.78. The van der Waals surface area contributed by atoms with Gasteiger partial charge >= 0.3 is 0 Å². The molecule has 0 amide bonds. The SMILES string of the molecule is COc1ccc(C=CC(O)=C2C(=O)CCCC2=O)c(OC)c1OC. The van der Waals surface area contributed by atoms with Crippen molar-refractivity contribution >= 4 is 17.6 Å². The Kier molecular flexibility index (Phi) is 5.63. The summed E-state index contributed by atoms with van der Waals surface area (Å²) in [5.41, 5.74) is 0.481. The predicted octanol–water partition coefficient (Wildman–Crippen LogP) is 2.86. The monoisotopic (exact) mass is 332 g/mol. The van der Waals surface area contributed by atoms with Gasteiger partial charge in [0.25, 0.3) is 0 Å². The topological polar surface area (TPSA) is 82.1 Å². The highest BCUT2D eigenvalue weighted by Crippen LogP contribution is 2.40. The Labute approximate surface area is 140 Å². The highest BCUT2D eigenvalue weighted by molar-refractivity contribution is 6.22. The zero-order valence-electron chi connectivity index (χ0n) is 13.9. The van der Waals surface area contributed by atoms with E-state index < -0.39 is 0 Å². The number of ether oxygens (including phenoxy) is 3. The van der Waals surface area contributed by atoms with Crippen LogP contribution in [0.2, 0.25) is 0 Å². The Morgan fingerprint density at radius 2 is 1.62 bits per heavy atom. The molecule has 0 spiro atoms. The predicted molar refractivity (Wildman–Crippen MR) is 88.7 cm³/mol. The smallest absolute Gasteiger partial charge is 0.203 e. The number of carbonyl (C=O) groups excluding carboxylic acids is 2. The van der Waals surface area contributed by atoms with Gasteiger partial charge < -0.3 is 19.3 Å². The van der Waals surface area contributed by atoms with Gasteiger partial charge in [0, 0.05) is 18.4 Å². The van der Waals surface area contributed by atoms with Crippen LogP contribution in [-0.4, -0.2) is 38.0 Å². The normalized spacial score (nSPS) is 14.9. The number of hydrogen-bond donors (Lipinski definition) is 1. The maximum absolute atomic E-state index is 11.8. The molecule has 1 saturated carbocycles. The summed E-state index contributed by atoms with van der Waals surface area (Å²) in [7, 11) is 4.50. The van der Waals surface area contributed by atoms with Crippen LogP contribution in [0.5, 0.6) is 17.2 Å². The fourth-order valence-corrected chi connectivity index (χ4v) is 2.61. The van der Waals surface area contributed by atoms with Crippen molar-refractivity contribution in [2.45, 2.75) is 19.3 Å². The minimum atomic E-state index is -0.332. The molecule has 0 heterocycles. The number of hydrogen-bond acceptors (Lipinski definition) is 6. The summed E-state index contributed by atoms with van der Waals surface area (Å²) >= 11 is 0. The molecule has 1 fully saturated rings. The van der Waals surface area contributed by atoms with Gasteiger partial charge in [-0.2, -0.15) is 0 Å². The number of ketones is 2. The van der Waals surface area contributed by atoms with Gasteiger partial charge in [0.1, 0.15) is 11.3 Å². The molecule has 1 aliphatic carbocycles. The van der Waals surface area contributed by atoms with Gasteiger partial charge in [-0.1, -0.05) is 0 Å². The third-order valence-electron chi connectivity index (χ3n) is 3.78. The van der Waals surface area contributed by atoms with Crippen molar-refractivity contribution in [3.05, 3.63) is 35.1 Å². The van der Waals surface area contributed by atoms with E-state index >= 15 is 0 Å². The Balaban J connectivity index is 2.41. The first-order valence-corrected chi connectivity index (χ1v) is 7.50. The first-order chi connectivity index (χ1) is 11.5. The van der Waals surface area contributed by atoms with Crippen LogP contribution in [0, 0.1) is 0 Å². The molecular formula is C18H20O6. The Morgan fingerprint density at radius 1 is 1.00 bits per heavy atom. The fraction of sp³-hybridized carbons (Fsp3) is 0.333. The van der Waals surface area contributed by atoms with Crippen LogP contribution in [-0.2, 0) is 9.59 Å². The molecule has 2 rings (SSSR count). The molecule has 0 atom stereocenters. The van der Waals surface area contributed by atoms with Crippen LogP contribution in [0.15, 0.2) is 29.5 Å². The van der Waals surface area contributed by atoms with Gasteiger partial charge in [-0.05, 0) is 30.7 Å². The van der Waals surface area contributed by atoms with Crippen molar-refractivity contribution in [3.63, 3.8) is 0 Å². The molecule has 0 aliphatic heterocycles. The standard InChI is InChI=1S/C18H20O6/c1-22-15-10-8-11(17(23-2)18(15)24-3)7-9-14(21)16-12(19)5-4-6-13(16)20/h7-10,21H,4-6H2,1-3H3. The average Bonchev–Trinajstić information content (AvgIpc) is 2.58. The summed E-state index contributed by atoms with van der Waals surface area (Å²) < 4.78 is 15.8. The van der Waals surface area contributed by atoms with E-state index in [1.165, 1.54) is 27.4 Å². The number of methoxy groups -OCH3 is 3. The first-order valence-electron chi connectivity index (χ1n) is 7.50. The van der Waals surface area contributed by atoms with E-state index in [1.807, 2.05) is 0 Å². The lowest BCUT2D eigenvalue weighted by Gasteiger charge is -2.14. The molecule has 0 radical (unpaired) electrons. The largest absolute Gasteiger partial charge is 0.507 e. The minimum Gasteiger partial charge on any atom is -0.507 e. The molecule has 1 N–H and O–H groups in total. The fourth-order valence-electron chi connectivity index (χ4n) is 2.61. The number of allylic oxidation sites excluding steroid dienone is 2. The summed E-state index contributed by atoms with van der Waals surface area (Å²) in [6.07, 6.45) is 3.96. The van der Waals surface area contributed by atoms with Crippen LogP contribution < -0.4 is 14.2 Å². The van der Waals surface area contributed by atoms with Gasteiger partial charge in [-0.25, -0.2) is 0 Å². The van der Waals surface area contributed by atoms with Crippen molar-refractivity contribution in [2.75, 3.05) is 21.3 Å². The van der Waals surface area contributed by atoms with E-state index in [-0.39, 0.29) is 35.7 Å². The van der Waals surface area contributed by atoms with E-state index in [9.17, 15) is 14.7 Å². The summed E-state index contributed by atoms with van der Waals surface area (Å²) in [5, 5.41) is 10.1. The minimum absolute atomic E-state index is 0.128. The zero-order chi connectivity index (χ0) is 17.7. The van der Waals surface area contributed by atoms with Crippen molar-refractivity contribution in [1.82, 2.24) is 0 Å². The Bertz CT molecular complexity index is 696. The van der Waals surface area contributed by atoms with Gasteiger partial charge in [-0.3, -0.25) is 9.59 Å². The van der Waals surface area contributed by atoms with Crippen molar-refractivity contribution in [2.24, 2.45) is 0 Å². The lowest BCUT2D eigenvalue weighted by Crippen LogP contribution is -2.20. The number of rotatable bonds is 5. The summed E-state index contributed by atoms with van der Waals surface area (Å²) in [4.78, 5) is 23.7. The molecule has 1 aromatic rings. The first kappa shape index (κ1) is 17.6. The molecule has 1 aliphatic rings. The van der Waals surface area contributed by atoms with Crippen LogP contribution in [0.4, 0.5) is 0 Å². The molecule has 6 nitrogen and oxygen atoms in total. The quantitative estimate of drug-likeness (QED) is 0.507. The van der Waals surface area contributed by atoms with Crippen LogP contribution >= 0.6 is 0 Å². The second-order valence-corrected chi connectivity index (χ2v) is 5.22. The van der Waals surface area contributed by atoms with Crippen LogP contribution in [0.25, 0.3) is 6.08 Å². The molecule has 0 unspecified atom stereocenters. The Morgan fingerprint density at radius 3 is 2.17 bits per heavy atom. The Hall–Kier alpha value is -2.76. The van der Waals surface area contributed by atoms with Gasteiger partial charge in [0.2, 0.25) is 5.75 Å². The number of aliphatic hydroxyl groups is 1. The number of carbonyl (C=O) groups is 2. The van der Waals surface area contributed by atoms with E-state index in [2.05, 4.69) is 0 Å². The summed E-state index contributed by atoms with van der Waals surface area (Å²) in [6.45, 7) is 0. The molecule has 128 valence electrons. The third kappa shape index (κ3) is 3.42. The molecule has 24 heavy (non-hydrogen) atoms. The maximum Gasteiger partial charge on any atom is 0.203 e. The molecular weight excluding hydrogens is 312 g/mol. The van der Waals surface area contributed by atoms with E-state index in [4.69, 9.17) is 14.2 Å². The molecule has 0 saturated heterocycles. The lowest BCUT2D eigenvalue weighted by atomic mass is 9.91. The second-order valence-electron chi connectivity index (χ2n) is 5.22. The molecule has 6 heteroatoms. The highest BCUT2D eigenvalue weighted by atomic mass is 16.5. The highest BCUT2D eigenvalue weighted by Gasteiger charge is 2.26.